The number of aliphatic carboxylic acids is 1. The number of hydrogen-bond acceptors (Lipinski definition) is 3. The highest BCUT2D eigenvalue weighted by atomic mass is 16.5. The molecule has 1 aliphatic heterocycles. The number of hydrogen-bond donors (Lipinski definition) is 3. The van der Waals surface area contributed by atoms with Crippen LogP contribution in [0.25, 0.3) is 0 Å². The van der Waals surface area contributed by atoms with E-state index in [-0.39, 0.29) is 5.92 Å². The van der Waals surface area contributed by atoms with Gasteiger partial charge < -0.3 is 20.5 Å². The Bertz CT molecular complexity index is 288. The van der Waals surface area contributed by atoms with Crippen molar-refractivity contribution in [3.63, 3.8) is 0 Å². The summed E-state index contributed by atoms with van der Waals surface area (Å²) in [7, 11) is 0. The molecule has 0 aromatic carbocycles. The molecule has 0 aromatic rings. The Balaban J connectivity index is 2.29. The second-order valence-electron chi connectivity index (χ2n) is 5.00. The van der Waals surface area contributed by atoms with Gasteiger partial charge in [0.2, 0.25) is 0 Å². The molecule has 0 aliphatic carbocycles. The average molecular weight is 258 g/mol. The molecule has 0 aromatic heterocycles. The summed E-state index contributed by atoms with van der Waals surface area (Å²) in [5.74, 6) is -0.834. The number of carboxylic acids is 1. The van der Waals surface area contributed by atoms with Crippen LogP contribution in [0.2, 0.25) is 0 Å². The van der Waals surface area contributed by atoms with Crippen molar-refractivity contribution in [3.8, 4) is 0 Å². The quantitative estimate of drug-likeness (QED) is 0.681. The van der Waals surface area contributed by atoms with Gasteiger partial charge in [0, 0.05) is 13.2 Å². The molecule has 2 amide bonds. The first kappa shape index (κ1) is 14.8. The van der Waals surface area contributed by atoms with E-state index in [9.17, 15) is 9.59 Å². The molecule has 1 aliphatic rings. The van der Waals surface area contributed by atoms with Crippen molar-refractivity contribution in [2.24, 2.45) is 11.8 Å². The van der Waals surface area contributed by atoms with E-state index in [2.05, 4.69) is 10.6 Å². The van der Waals surface area contributed by atoms with E-state index in [0.29, 0.717) is 19.1 Å². The van der Waals surface area contributed by atoms with Crippen molar-refractivity contribution in [1.82, 2.24) is 10.6 Å². The minimum atomic E-state index is -1.01. The van der Waals surface area contributed by atoms with Gasteiger partial charge >= 0.3 is 12.0 Å². The molecule has 0 bridgehead atoms. The Hall–Kier alpha value is -1.30. The lowest BCUT2D eigenvalue weighted by Crippen LogP contribution is -2.49. The molecule has 2 atom stereocenters. The highest BCUT2D eigenvalue weighted by Crippen LogP contribution is 2.12. The Morgan fingerprint density at radius 2 is 2.17 bits per heavy atom. The molecule has 104 valence electrons. The van der Waals surface area contributed by atoms with Gasteiger partial charge in [-0.15, -0.1) is 0 Å². The number of carboxylic acid groups (broad SMARTS) is 1. The molecule has 1 unspecified atom stereocenters. The molecule has 1 rings (SSSR count). The van der Waals surface area contributed by atoms with Gasteiger partial charge in [-0.25, -0.2) is 9.59 Å². The SMILES string of the molecule is CC(C)[C@@H](NC(=O)NCC1CCCOC1)C(=O)O. The van der Waals surface area contributed by atoms with Crippen LogP contribution in [-0.4, -0.2) is 42.9 Å². The van der Waals surface area contributed by atoms with Gasteiger partial charge in [-0.3, -0.25) is 0 Å². The molecule has 1 fully saturated rings. The van der Waals surface area contributed by atoms with Crippen LogP contribution >= 0.6 is 0 Å². The van der Waals surface area contributed by atoms with Crippen LogP contribution in [0.3, 0.4) is 0 Å². The van der Waals surface area contributed by atoms with Gasteiger partial charge in [-0.1, -0.05) is 13.8 Å². The Morgan fingerprint density at radius 1 is 1.44 bits per heavy atom. The first-order valence-corrected chi connectivity index (χ1v) is 6.35. The minimum absolute atomic E-state index is 0.147. The highest BCUT2D eigenvalue weighted by Gasteiger charge is 2.23. The molecule has 18 heavy (non-hydrogen) atoms. The second kappa shape index (κ2) is 7.20. The summed E-state index contributed by atoms with van der Waals surface area (Å²) in [6.07, 6.45) is 2.05. The zero-order chi connectivity index (χ0) is 13.5. The van der Waals surface area contributed by atoms with Crippen molar-refractivity contribution in [2.75, 3.05) is 19.8 Å². The van der Waals surface area contributed by atoms with Gasteiger partial charge in [-0.2, -0.15) is 0 Å². The van der Waals surface area contributed by atoms with Crippen molar-refractivity contribution in [3.05, 3.63) is 0 Å². The standard InChI is InChI=1S/C12H22N2O4/c1-8(2)10(11(15)16)14-12(17)13-6-9-4-3-5-18-7-9/h8-10H,3-7H2,1-2H3,(H,15,16)(H2,13,14,17)/t9?,10-/m1/s1. The molecule has 1 saturated heterocycles. The maximum absolute atomic E-state index is 11.6. The van der Waals surface area contributed by atoms with Crippen molar-refractivity contribution >= 4 is 12.0 Å². The van der Waals surface area contributed by atoms with E-state index in [1.54, 1.807) is 13.8 Å². The molecular weight excluding hydrogens is 236 g/mol. The van der Waals surface area contributed by atoms with E-state index in [1.807, 2.05) is 0 Å². The summed E-state index contributed by atoms with van der Waals surface area (Å²) in [5.41, 5.74) is 0. The molecule has 1 heterocycles. The van der Waals surface area contributed by atoms with Gasteiger partial charge in [0.05, 0.1) is 6.61 Å². The number of amides is 2. The van der Waals surface area contributed by atoms with E-state index < -0.39 is 18.0 Å². The van der Waals surface area contributed by atoms with E-state index in [0.717, 1.165) is 19.4 Å². The van der Waals surface area contributed by atoms with Gasteiger partial charge in [-0.05, 0) is 24.7 Å². The van der Waals surface area contributed by atoms with Crippen LogP contribution in [-0.2, 0) is 9.53 Å². The lowest BCUT2D eigenvalue weighted by molar-refractivity contribution is -0.140. The first-order chi connectivity index (χ1) is 8.50. The van der Waals surface area contributed by atoms with Crippen LogP contribution in [0.15, 0.2) is 0 Å². The smallest absolute Gasteiger partial charge is 0.326 e. The normalized spacial score (nSPS) is 21.4. The number of ether oxygens (including phenoxy) is 1. The molecule has 6 nitrogen and oxygen atoms in total. The Labute approximate surface area is 107 Å². The predicted octanol–water partition coefficient (Wildman–Crippen LogP) is 0.821. The first-order valence-electron chi connectivity index (χ1n) is 6.35. The zero-order valence-corrected chi connectivity index (χ0v) is 10.9. The van der Waals surface area contributed by atoms with Crippen LogP contribution in [0.1, 0.15) is 26.7 Å². The third kappa shape index (κ3) is 4.91. The lowest BCUT2D eigenvalue weighted by Gasteiger charge is -2.23. The topological polar surface area (TPSA) is 87.7 Å². The average Bonchev–Trinajstić information content (AvgIpc) is 2.34. The third-order valence-corrected chi connectivity index (χ3v) is 3.03. The highest BCUT2D eigenvalue weighted by molar-refractivity contribution is 5.82. The summed E-state index contributed by atoms with van der Waals surface area (Å²) in [5, 5.41) is 14.1. The van der Waals surface area contributed by atoms with Crippen molar-refractivity contribution in [2.45, 2.75) is 32.7 Å². The van der Waals surface area contributed by atoms with Crippen LogP contribution in [0.5, 0.6) is 0 Å². The van der Waals surface area contributed by atoms with Gasteiger partial charge in [0.1, 0.15) is 6.04 Å². The van der Waals surface area contributed by atoms with Gasteiger partial charge in [0.15, 0.2) is 0 Å². The summed E-state index contributed by atoms with van der Waals surface area (Å²) < 4.78 is 5.31. The molecular formula is C12H22N2O4. The van der Waals surface area contributed by atoms with Crippen LogP contribution < -0.4 is 10.6 Å². The van der Waals surface area contributed by atoms with Crippen LogP contribution in [0, 0.1) is 11.8 Å². The number of carbonyl (C=O) groups excluding carboxylic acids is 1. The Morgan fingerprint density at radius 3 is 2.67 bits per heavy atom. The summed E-state index contributed by atoms with van der Waals surface area (Å²) in [6, 6.07) is -1.28. The number of rotatable bonds is 5. The van der Waals surface area contributed by atoms with Crippen LogP contribution in [0.4, 0.5) is 4.79 Å². The molecule has 0 saturated carbocycles. The summed E-state index contributed by atoms with van der Waals surface area (Å²) in [4.78, 5) is 22.5. The number of carbonyl (C=O) groups is 2. The molecule has 3 N–H and O–H groups in total. The van der Waals surface area contributed by atoms with E-state index >= 15 is 0 Å². The van der Waals surface area contributed by atoms with Crippen molar-refractivity contribution < 1.29 is 19.4 Å². The number of nitrogens with one attached hydrogen (secondary N) is 2. The molecule has 0 spiro atoms. The summed E-state index contributed by atoms with van der Waals surface area (Å²) in [6.45, 7) is 5.49. The van der Waals surface area contributed by atoms with Crippen molar-refractivity contribution in [1.29, 1.82) is 0 Å². The third-order valence-electron chi connectivity index (χ3n) is 3.03. The predicted molar refractivity (Wildman–Crippen MR) is 66.3 cm³/mol. The largest absolute Gasteiger partial charge is 0.480 e. The van der Waals surface area contributed by atoms with Gasteiger partial charge in [0.25, 0.3) is 0 Å². The second-order valence-corrected chi connectivity index (χ2v) is 5.00. The van der Waals surface area contributed by atoms with E-state index in [1.165, 1.54) is 0 Å². The Kier molecular flexibility index (Phi) is 5.91. The fraction of sp³-hybridized carbons (Fsp3) is 0.833. The minimum Gasteiger partial charge on any atom is -0.480 e. The zero-order valence-electron chi connectivity index (χ0n) is 10.9. The summed E-state index contributed by atoms with van der Waals surface area (Å²) >= 11 is 0. The molecule has 0 radical (unpaired) electrons. The number of urea groups is 1. The maximum Gasteiger partial charge on any atom is 0.326 e. The lowest BCUT2D eigenvalue weighted by atomic mass is 10.0. The van der Waals surface area contributed by atoms with E-state index in [4.69, 9.17) is 9.84 Å². The fourth-order valence-electron chi connectivity index (χ4n) is 1.91. The fourth-order valence-corrected chi connectivity index (χ4v) is 1.91. The maximum atomic E-state index is 11.6. The molecule has 6 heteroatoms. The monoisotopic (exact) mass is 258 g/mol.